The molecule has 0 spiro atoms. The van der Waals surface area contributed by atoms with E-state index in [0.29, 0.717) is 12.0 Å². The molecule has 0 N–H and O–H groups in total. The summed E-state index contributed by atoms with van der Waals surface area (Å²) in [5.74, 6) is -0.480. The van der Waals surface area contributed by atoms with Gasteiger partial charge in [0.15, 0.2) is 0 Å². The molecule has 1 heterocycles. The van der Waals surface area contributed by atoms with E-state index in [9.17, 15) is 13.2 Å². The molecular weight excluding hydrogens is 414 g/mol. The lowest BCUT2D eigenvalue weighted by Crippen LogP contribution is -2.41. The van der Waals surface area contributed by atoms with Crippen molar-refractivity contribution in [2.24, 2.45) is 0 Å². The van der Waals surface area contributed by atoms with Crippen molar-refractivity contribution in [2.75, 3.05) is 6.54 Å². The molecule has 0 atom stereocenters. The third-order valence-corrected chi connectivity index (χ3v) is 7.88. The maximum atomic E-state index is 13.5. The van der Waals surface area contributed by atoms with E-state index in [4.69, 9.17) is 0 Å². The van der Waals surface area contributed by atoms with Gasteiger partial charge in [0.2, 0.25) is 0 Å². The van der Waals surface area contributed by atoms with Crippen molar-refractivity contribution in [3.8, 4) is 0 Å². The average Bonchev–Trinajstić information content (AvgIpc) is 2.75. The Morgan fingerprint density at radius 2 is 1.43 bits per heavy atom. The fourth-order valence-corrected chi connectivity index (χ4v) is 5.82. The second-order valence-corrected chi connectivity index (χ2v) is 10.1. The molecule has 0 bridgehead atoms. The zero-order chi connectivity index (χ0) is 21.1. The summed E-state index contributed by atoms with van der Waals surface area (Å²) in [6.07, 6.45) is 0.473. The molecule has 0 radical (unpaired) electrons. The Bertz CT molecular complexity index is 1190. The van der Waals surface area contributed by atoms with E-state index >= 15 is 0 Å². The van der Waals surface area contributed by atoms with Crippen molar-refractivity contribution >= 4 is 33.3 Å². The smallest absolute Gasteiger partial charge is 0.268 e. The highest BCUT2D eigenvalue weighted by Gasteiger charge is 2.36. The van der Waals surface area contributed by atoms with Crippen LogP contribution in [0.25, 0.3) is 5.57 Å². The molecule has 0 saturated carbocycles. The summed E-state index contributed by atoms with van der Waals surface area (Å²) >= 11 is 1.52. The predicted molar refractivity (Wildman–Crippen MR) is 120 cm³/mol. The zero-order valence-electron chi connectivity index (χ0n) is 16.5. The highest BCUT2D eigenvalue weighted by molar-refractivity contribution is 8.03. The van der Waals surface area contributed by atoms with Gasteiger partial charge in [-0.3, -0.25) is 4.79 Å². The Balaban J connectivity index is 1.77. The zero-order valence-corrected chi connectivity index (χ0v) is 18.1. The highest BCUT2D eigenvalue weighted by atomic mass is 32.2. The second kappa shape index (κ2) is 8.50. The molecule has 1 aliphatic rings. The Labute approximate surface area is 181 Å². The van der Waals surface area contributed by atoms with E-state index in [0.717, 1.165) is 25.2 Å². The van der Waals surface area contributed by atoms with Crippen LogP contribution >= 0.6 is 11.8 Å². The monoisotopic (exact) mass is 435 g/mol. The van der Waals surface area contributed by atoms with Crippen molar-refractivity contribution in [1.29, 1.82) is 0 Å². The van der Waals surface area contributed by atoms with E-state index in [1.165, 1.54) is 11.8 Å². The molecule has 0 saturated heterocycles. The minimum absolute atomic E-state index is 0.126. The minimum Gasteiger partial charge on any atom is -0.268 e. The van der Waals surface area contributed by atoms with Crippen LogP contribution in [0.5, 0.6) is 0 Å². The van der Waals surface area contributed by atoms with Crippen LogP contribution in [0.3, 0.4) is 0 Å². The van der Waals surface area contributed by atoms with Gasteiger partial charge in [-0.1, -0.05) is 78.0 Å². The maximum absolute atomic E-state index is 13.5. The number of thioether (sulfide) groups is 1. The highest BCUT2D eigenvalue weighted by Crippen LogP contribution is 2.40. The van der Waals surface area contributed by atoms with Crippen molar-refractivity contribution < 1.29 is 13.2 Å². The molecule has 0 aliphatic carbocycles. The molecule has 4 nitrogen and oxygen atoms in total. The van der Waals surface area contributed by atoms with Gasteiger partial charge in [-0.2, -0.15) is 0 Å². The van der Waals surface area contributed by atoms with Gasteiger partial charge in [0.05, 0.1) is 10.5 Å². The number of carbonyl (C=O) groups is 1. The normalized spacial score (nSPS) is 14.8. The van der Waals surface area contributed by atoms with Gasteiger partial charge in [0.25, 0.3) is 15.9 Å². The fourth-order valence-electron chi connectivity index (χ4n) is 3.36. The Hall–Kier alpha value is -2.83. The van der Waals surface area contributed by atoms with Gasteiger partial charge >= 0.3 is 0 Å². The van der Waals surface area contributed by atoms with Gasteiger partial charge in [-0.05, 0) is 43.2 Å². The van der Waals surface area contributed by atoms with Gasteiger partial charge in [0, 0.05) is 16.3 Å². The van der Waals surface area contributed by atoms with Crippen molar-refractivity contribution in [2.45, 2.75) is 23.1 Å². The van der Waals surface area contributed by atoms with Crippen LogP contribution < -0.4 is 0 Å². The minimum atomic E-state index is -3.92. The Morgan fingerprint density at radius 3 is 2.07 bits per heavy atom. The van der Waals surface area contributed by atoms with Crippen LogP contribution in [-0.4, -0.2) is 25.2 Å². The third kappa shape index (κ3) is 4.06. The van der Waals surface area contributed by atoms with Crippen LogP contribution in [0.15, 0.2) is 99.6 Å². The molecule has 30 heavy (non-hydrogen) atoms. The lowest BCUT2D eigenvalue weighted by Gasteiger charge is -2.30. The molecule has 0 unspecified atom stereocenters. The Morgan fingerprint density at radius 1 is 0.833 bits per heavy atom. The van der Waals surface area contributed by atoms with Crippen molar-refractivity contribution in [3.05, 3.63) is 101 Å². The van der Waals surface area contributed by atoms with E-state index in [1.807, 2.05) is 67.6 Å². The molecule has 1 aliphatic heterocycles. The molecule has 1 amide bonds. The number of aryl methyl sites for hydroxylation is 1. The first-order chi connectivity index (χ1) is 14.5. The molecule has 0 aromatic heterocycles. The molecule has 0 fully saturated rings. The van der Waals surface area contributed by atoms with Gasteiger partial charge in [0.1, 0.15) is 0 Å². The summed E-state index contributed by atoms with van der Waals surface area (Å²) in [7, 11) is -3.92. The van der Waals surface area contributed by atoms with Crippen molar-refractivity contribution in [1.82, 2.24) is 4.31 Å². The summed E-state index contributed by atoms with van der Waals surface area (Å²) in [5, 5.41) is 0. The molecule has 152 valence electrons. The topological polar surface area (TPSA) is 54.5 Å². The number of hydrogen-bond donors (Lipinski definition) is 0. The van der Waals surface area contributed by atoms with Crippen LogP contribution in [0, 0.1) is 6.92 Å². The molecule has 3 aromatic carbocycles. The first-order valence-corrected chi connectivity index (χ1v) is 11.9. The van der Waals surface area contributed by atoms with Gasteiger partial charge in [-0.25, -0.2) is 12.7 Å². The van der Waals surface area contributed by atoms with Crippen LogP contribution in [-0.2, 0) is 14.8 Å². The number of rotatable bonds is 5. The number of hydrogen-bond acceptors (Lipinski definition) is 4. The predicted octanol–water partition coefficient (Wildman–Crippen LogP) is 5.12. The summed E-state index contributed by atoms with van der Waals surface area (Å²) in [6.45, 7) is 2.02. The molecular formula is C24H21NO3S2. The average molecular weight is 436 g/mol. The van der Waals surface area contributed by atoms with Gasteiger partial charge < -0.3 is 0 Å². The molecule has 3 aromatic rings. The first kappa shape index (κ1) is 20.4. The van der Waals surface area contributed by atoms with Crippen LogP contribution in [0.1, 0.15) is 17.5 Å². The number of benzene rings is 3. The number of amides is 1. The summed E-state index contributed by atoms with van der Waals surface area (Å²) in [4.78, 5) is 15.5. The lowest BCUT2D eigenvalue weighted by molar-refractivity contribution is -0.121. The largest absolute Gasteiger partial charge is 0.269 e. The summed E-state index contributed by atoms with van der Waals surface area (Å²) in [6, 6.07) is 25.7. The van der Waals surface area contributed by atoms with E-state index in [2.05, 4.69) is 0 Å². The number of sulfonamides is 1. The number of carbonyl (C=O) groups excluding carboxylic acids is 1. The summed E-state index contributed by atoms with van der Waals surface area (Å²) in [5.41, 5.74) is 2.14. The van der Waals surface area contributed by atoms with Crippen molar-refractivity contribution in [3.63, 3.8) is 0 Å². The SMILES string of the molecule is Cc1ccc(S(=O)(=O)N2CCC(Sc3ccccc3)=C(c3ccccc3)C2=O)cc1. The van der Waals surface area contributed by atoms with Gasteiger partial charge in [-0.15, -0.1) is 0 Å². The fraction of sp³-hybridized carbons (Fsp3) is 0.125. The lowest BCUT2D eigenvalue weighted by atomic mass is 10.0. The Kier molecular flexibility index (Phi) is 5.79. The summed E-state index contributed by atoms with van der Waals surface area (Å²) < 4.78 is 27.5. The van der Waals surface area contributed by atoms with Crippen LogP contribution in [0.2, 0.25) is 0 Å². The third-order valence-electron chi connectivity index (χ3n) is 4.92. The van der Waals surface area contributed by atoms with E-state index in [-0.39, 0.29) is 11.4 Å². The second-order valence-electron chi connectivity index (χ2n) is 7.02. The molecule has 4 rings (SSSR count). The van der Waals surface area contributed by atoms with E-state index in [1.54, 1.807) is 24.3 Å². The first-order valence-electron chi connectivity index (χ1n) is 9.62. The van der Waals surface area contributed by atoms with E-state index < -0.39 is 15.9 Å². The molecule has 6 heteroatoms. The standard InChI is InChI=1S/C24H21NO3S2/c1-18-12-14-21(15-13-18)30(27,28)25-17-16-22(29-20-10-6-3-7-11-20)23(24(25)26)19-8-4-2-5-9-19/h2-15H,16-17H2,1H3. The number of nitrogens with zero attached hydrogens (tertiary/aromatic N) is 1. The quantitative estimate of drug-likeness (QED) is 0.558. The maximum Gasteiger partial charge on any atom is 0.269 e. The van der Waals surface area contributed by atoms with Crippen LogP contribution in [0.4, 0.5) is 0 Å².